The van der Waals surface area contributed by atoms with Crippen LogP contribution in [0.5, 0.6) is 0 Å². The Kier molecular flexibility index (Phi) is 2.42. The third-order valence-electron chi connectivity index (χ3n) is 3.77. The van der Waals surface area contributed by atoms with Gasteiger partial charge in [0.15, 0.2) is 0 Å². The molecule has 2 rings (SSSR count). The normalized spacial score (nSPS) is 29.4. The second kappa shape index (κ2) is 3.37. The van der Waals surface area contributed by atoms with E-state index >= 15 is 0 Å². The van der Waals surface area contributed by atoms with E-state index in [1.54, 1.807) is 20.8 Å². The number of carbonyl (C=O) groups excluding carboxylic acids is 1. The zero-order valence-corrected chi connectivity index (χ0v) is 10.5. The molecule has 1 amide bonds. The predicted octanol–water partition coefficient (Wildman–Crippen LogP) is 1.91. The van der Waals surface area contributed by atoms with Crippen molar-refractivity contribution in [2.45, 2.75) is 57.6 Å². The van der Waals surface area contributed by atoms with E-state index in [-0.39, 0.29) is 5.41 Å². The number of carboxylic acid groups (broad SMARTS) is 1. The summed E-state index contributed by atoms with van der Waals surface area (Å²) in [4.78, 5) is 23.0. The first-order valence-electron chi connectivity index (χ1n) is 5.95. The third kappa shape index (κ3) is 1.87. The number of alkyl carbamates (subject to hydrolysis) is 1. The Hall–Kier alpha value is -1.26. The molecular formula is C12H19NO4. The Balaban J connectivity index is 2.02. The maximum atomic E-state index is 11.6. The van der Waals surface area contributed by atoms with Gasteiger partial charge in [-0.2, -0.15) is 0 Å². The summed E-state index contributed by atoms with van der Waals surface area (Å²) in [7, 11) is 0. The van der Waals surface area contributed by atoms with E-state index in [0.717, 1.165) is 19.3 Å². The highest BCUT2D eigenvalue weighted by Gasteiger charge is 2.75. The lowest BCUT2D eigenvalue weighted by molar-refractivity contribution is -0.142. The second-order valence-corrected chi connectivity index (χ2v) is 6.15. The monoisotopic (exact) mass is 241 g/mol. The molecule has 0 aromatic carbocycles. The van der Waals surface area contributed by atoms with Crippen LogP contribution >= 0.6 is 0 Å². The molecule has 17 heavy (non-hydrogen) atoms. The van der Waals surface area contributed by atoms with Gasteiger partial charge in [0.1, 0.15) is 11.1 Å². The summed E-state index contributed by atoms with van der Waals surface area (Å²) < 4.78 is 5.11. The van der Waals surface area contributed by atoms with Crippen molar-refractivity contribution >= 4 is 12.1 Å². The van der Waals surface area contributed by atoms with Gasteiger partial charge in [-0.25, -0.2) is 9.59 Å². The SMILES string of the molecule is CC(C)(C)OC(=O)N[C@]1(C(=O)O)CC12CCC2. The van der Waals surface area contributed by atoms with Crippen LogP contribution < -0.4 is 5.32 Å². The average molecular weight is 241 g/mol. The van der Waals surface area contributed by atoms with Gasteiger partial charge in [-0.15, -0.1) is 0 Å². The van der Waals surface area contributed by atoms with Gasteiger partial charge in [0, 0.05) is 5.41 Å². The number of carbonyl (C=O) groups is 2. The first-order chi connectivity index (χ1) is 7.71. The molecule has 1 atom stereocenters. The van der Waals surface area contributed by atoms with E-state index in [0.29, 0.717) is 6.42 Å². The average Bonchev–Trinajstić information content (AvgIpc) is 2.70. The van der Waals surface area contributed by atoms with Gasteiger partial charge in [-0.3, -0.25) is 0 Å². The molecule has 0 aromatic rings. The van der Waals surface area contributed by atoms with Crippen molar-refractivity contribution in [1.29, 1.82) is 0 Å². The largest absolute Gasteiger partial charge is 0.479 e. The minimum atomic E-state index is -1.08. The summed E-state index contributed by atoms with van der Waals surface area (Å²) in [6.07, 6.45) is 2.72. The van der Waals surface area contributed by atoms with E-state index in [1.807, 2.05) is 0 Å². The summed E-state index contributed by atoms with van der Waals surface area (Å²) in [6, 6.07) is 0. The van der Waals surface area contributed by atoms with Gasteiger partial charge in [0.05, 0.1) is 0 Å². The van der Waals surface area contributed by atoms with Gasteiger partial charge < -0.3 is 15.2 Å². The predicted molar refractivity (Wildman–Crippen MR) is 60.6 cm³/mol. The molecule has 0 radical (unpaired) electrons. The zero-order valence-electron chi connectivity index (χ0n) is 10.5. The van der Waals surface area contributed by atoms with E-state index in [4.69, 9.17) is 4.74 Å². The van der Waals surface area contributed by atoms with Crippen LogP contribution in [0.3, 0.4) is 0 Å². The van der Waals surface area contributed by atoms with Crippen LogP contribution in [0.4, 0.5) is 4.79 Å². The molecule has 2 N–H and O–H groups in total. The molecular weight excluding hydrogens is 222 g/mol. The first kappa shape index (κ1) is 12.2. The van der Waals surface area contributed by atoms with Gasteiger partial charge in [0.2, 0.25) is 0 Å². The van der Waals surface area contributed by atoms with Crippen molar-refractivity contribution in [2.75, 3.05) is 0 Å². The van der Waals surface area contributed by atoms with Crippen LogP contribution in [-0.2, 0) is 9.53 Å². The number of amides is 1. The molecule has 0 bridgehead atoms. The van der Waals surface area contributed by atoms with Gasteiger partial charge >= 0.3 is 12.1 Å². The summed E-state index contributed by atoms with van der Waals surface area (Å²) in [6.45, 7) is 5.27. The van der Waals surface area contributed by atoms with Gasteiger partial charge in [-0.05, 0) is 40.0 Å². The minimum absolute atomic E-state index is 0.199. The Morgan fingerprint density at radius 2 is 1.88 bits per heavy atom. The molecule has 0 heterocycles. The number of rotatable bonds is 2. The van der Waals surface area contributed by atoms with Crippen LogP contribution in [0, 0.1) is 5.41 Å². The van der Waals surface area contributed by atoms with Gasteiger partial charge in [0.25, 0.3) is 0 Å². The van der Waals surface area contributed by atoms with Crippen molar-refractivity contribution in [3.8, 4) is 0 Å². The standard InChI is InChI=1S/C12H19NO4/c1-10(2,3)17-9(16)13-12(8(14)15)7-11(12)5-4-6-11/h4-7H2,1-3H3,(H,13,16)(H,14,15)/t12-/m0/s1. The molecule has 2 saturated carbocycles. The highest BCUT2D eigenvalue weighted by atomic mass is 16.6. The van der Waals surface area contributed by atoms with Crippen LogP contribution in [0.15, 0.2) is 0 Å². The Morgan fingerprint density at radius 1 is 1.29 bits per heavy atom. The third-order valence-corrected chi connectivity index (χ3v) is 3.77. The number of ether oxygens (including phenoxy) is 1. The van der Waals surface area contributed by atoms with Crippen molar-refractivity contribution in [1.82, 2.24) is 5.32 Å². The molecule has 2 fully saturated rings. The molecule has 1 spiro atoms. The van der Waals surface area contributed by atoms with Crippen molar-refractivity contribution in [2.24, 2.45) is 5.41 Å². The maximum Gasteiger partial charge on any atom is 0.408 e. The smallest absolute Gasteiger partial charge is 0.408 e. The van der Waals surface area contributed by atoms with Crippen molar-refractivity contribution in [3.05, 3.63) is 0 Å². The Labute approximate surface area is 101 Å². The number of aliphatic carboxylic acids is 1. The van der Waals surface area contributed by atoms with E-state index in [2.05, 4.69) is 5.32 Å². The van der Waals surface area contributed by atoms with Crippen molar-refractivity contribution in [3.63, 3.8) is 0 Å². The molecule has 2 aliphatic rings. The minimum Gasteiger partial charge on any atom is -0.479 e. The number of carboxylic acids is 1. The van der Waals surface area contributed by atoms with E-state index in [9.17, 15) is 14.7 Å². The van der Waals surface area contributed by atoms with Crippen LogP contribution in [0.25, 0.3) is 0 Å². The molecule has 0 saturated heterocycles. The number of hydrogen-bond donors (Lipinski definition) is 2. The summed E-state index contributed by atoms with van der Waals surface area (Å²) in [5.41, 5.74) is -1.88. The van der Waals surface area contributed by atoms with Gasteiger partial charge in [-0.1, -0.05) is 6.42 Å². The molecule has 0 aliphatic heterocycles. The lowest BCUT2D eigenvalue weighted by Crippen LogP contribution is -2.50. The summed E-state index contributed by atoms with van der Waals surface area (Å²) in [5.74, 6) is -0.942. The zero-order chi connectivity index (χ0) is 12.9. The van der Waals surface area contributed by atoms with E-state index < -0.39 is 23.2 Å². The molecule has 0 aromatic heterocycles. The fourth-order valence-corrected chi connectivity index (χ4v) is 2.68. The van der Waals surface area contributed by atoms with E-state index in [1.165, 1.54) is 0 Å². The van der Waals surface area contributed by atoms with Crippen LogP contribution in [0.2, 0.25) is 0 Å². The second-order valence-electron chi connectivity index (χ2n) is 6.15. The number of hydrogen-bond acceptors (Lipinski definition) is 3. The lowest BCUT2D eigenvalue weighted by Gasteiger charge is -2.31. The highest BCUT2D eigenvalue weighted by molar-refractivity contribution is 5.90. The highest BCUT2D eigenvalue weighted by Crippen LogP contribution is 2.68. The topological polar surface area (TPSA) is 75.6 Å². The van der Waals surface area contributed by atoms with Crippen LogP contribution in [0.1, 0.15) is 46.5 Å². The molecule has 5 nitrogen and oxygen atoms in total. The fourth-order valence-electron chi connectivity index (χ4n) is 2.68. The molecule has 96 valence electrons. The van der Waals surface area contributed by atoms with Crippen LogP contribution in [-0.4, -0.2) is 28.3 Å². The molecule has 5 heteroatoms. The quantitative estimate of drug-likeness (QED) is 0.774. The Morgan fingerprint density at radius 3 is 2.18 bits per heavy atom. The number of nitrogens with one attached hydrogen (secondary N) is 1. The fraction of sp³-hybridized carbons (Fsp3) is 0.833. The Bertz CT molecular complexity index is 367. The maximum absolute atomic E-state index is 11.6. The summed E-state index contributed by atoms with van der Waals surface area (Å²) in [5, 5.41) is 11.8. The first-order valence-corrected chi connectivity index (χ1v) is 5.95. The van der Waals surface area contributed by atoms with Crippen molar-refractivity contribution < 1.29 is 19.4 Å². The molecule has 2 aliphatic carbocycles. The summed E-state index contributed by atoms with van der Waals surface area (Å²) >= 11 is 0. The lowest BCUT2D eigenvalue weighted by atomic mass is 9.78. The molecule has 0 unspecified atom stereocenters.